The van der Waals surface area contributed by atoms with Crippen LogP contribution in [0.3, 0.4) is 0 Å². The molecule has 1 N–H and O–H groups in total. The zero-order chi connectivity index (χ0) is 13.0. The number of pyridine rings is 1. The van der Waals surface area contributed by atoms with Crippen molar-refractivity contribution in [1.82, 2.24) is 4.98 Å². The lowest BCUT2D eigenvalue weighted by molar-refractivity contribution is -0.136. The van der Waals surface area contributed by atoms with Gasteiger partial charge in [-0.25, -0.2) is 0 Å². The number of carboxylic acids is 1. The minimum atomic E-state index is -0.738. The summed E-state index contributed by atoms with van der Waals surface area (Å²) in [5.41, 5.74) is 2.20. The Kier molecular flexibility index (Phi) is 4.20. The molecule has 0 aliphatic heterocycles. The van der Waals surface area contributed by atoms with E-state index in [4.69, 9.17) is 5.11 Å². The highest BCUT2D eigenvalue weighted by Crippen LogP contribution is 2.22. The van der Waals surface area contributed by atoms with Gasteiger partial charge in [0.2, 0.25) is 0 Å². The Labute approximate surface area is 110 Å². The Balaban J connectivity index is 2.01. The van der Waals surface area contributed by atoms with Crippen LogP contribution in [0.4, 0.5) is 0 Å². The van der Waals surface area contributed by atoms with Gasteiger partial charge in [0.15, 0.2) is 0 Å². The molecule has 2 aromatic rings. The van der Waals surface area contributed by atoms with E-state index in [2.05, 4.69) is 17.1 Å². The van der Waals surface area contributed by atoms with E-state index in [0.29, 0.717) is 0 Å². The van der Waals surface area contributed by atoms with Gasteiger partial charge in [-0.3, -0.25) is 9.78 Å². The Hall–Kier alpha value is -1.55. The van der Waals surface area contributed by atoms with E-state index in [1.54, 1.807) is 18.0 Å². The van der Waals surface area contributed by atoms with Crippen molar-refractivity contribution >= 4 is 28.6 Å². The van der Waals surface area contributed by atoms with Crippen LogP contribution < -0.4 is 0 Å². The molecule has 94 valence electrons. The van der Waals surface area contributed by atoms with Crippen LogP contribution >= 0.6 is 11.8 Å². The molecule has 0 aliphatic carbocycles. The fourth-order valence-electron chi connectivity index (χ4n) is 1.76. The molecule has 0 spiro atoms. The monoisotopic (exact) mass is 261 g/mol. The van der Waals surface area contributed by atoms with Crippen LogP contribution in [0.15, 0.2) is 36.5 Å². The van der Waals surface area contributed by atoms with Crippen molar-refractivity contribution in [2.45, 2.75) is 24.3 Å². The topological polar surface area (TPSA) is 50.2 Å². The SMILES string of the molecule is CC(CC(=O)O)SCc1ccc2ncccc2c1. The van der Waals surface area contributed by atoms with E-state index >= 15 is 0 Å². The molecule has 2 rings (SSSR count). The summed E-state index contributed by atoms with van der Waals surface area (Å²) in [6.45, 7) is 1.95. The first-order chi connectivity index (χ1) is 8.65. The maximum Gasteiger partial charge on any atom is 0.304 e. The molecule has 0 saturated heterocycles. The van der Waals surface area contributed by atoms with Crippen molar-refractivity contribution in [3.05, 3.63) is 42.1 Å². The van der Waals surface area contributed by atoms with Gasteiger partial charge in [0.05, 0.1) is 11.9 Å². The maximum atomic E-state index is 10.6. The van der Waals surface area contributed by atoms with Gasteiger partial charge < -0.3 is 5.11 Å². The summed E-state index contributed by atoms with van der Waals surface area (Å²) in [6.07, 6.45) is 1.99. The Bertz CT molecular complexity index is 556. The largest absolute Gasteiger partial charge is 0.481 e. The number of aliphatic carboxylic acids is 1. The molecule has 1 unspecified atom stereocenters. The van der Waals surface area contributed by atoms with E-state index in [1.165, 1.54) is 5.56 Å². The molecule has 1 heterocycles. The number of hydrogen-bond donors (Lipinski definition) is 1. The Morgan fingerprint density at radius 1 is 1.44 bits per heavy atom. The number of benzene rings is 1. The van der Waals surface area contributed by atoms with Crippen molar-refractivity contribution < 1.29 is 9.90 Å². The van der Waals surface area contributed by atoms with Crippen molar-refractivity contribution in [2.24, 2.45) is 0 Å². The minimum Gasteiger partial charge on any atom is -0.481 e. The standard InChI is InChI=1S/C14H15NO2S/c1-10(7-14(16)17)18-9-11-4-5-13-12(8-11)3-2-6-15-13/h2-6,8,10H,7,9H2,1H3,(H,16,17). The summed E-state index contributed by atoms with van der Waals surface area (Å²) < 4.78 is 0. The van der Waals surface area contributed by atoms with Crippen LogP contribution in [0.5, 0.6) is 0 Å². The van der Waals surface area contributed by atoms with Crippen molar-refractivity contribution in [2.75, 3.05) is 0 Å². The van der Waals surface area contributed by atoms with Gasteiger partial charge in [-0.1, -0.05) is 19.1 Å². The van der Waals surface area contributed by atoms with Gasteiger partial charge in [-0.15, -0.1) is 0 Å². The second-order valence-electron chi connectivity index (χ2n) is 4.25. The highest BCUT2D eigenvalue weighted by molar-refractivity contribution is 7.99. The molecular formula is C14H15NO2S. The predicted molar refractivity (Wildman–Crippen MR) is 74.8 cm³/mol. The Morgan fingerprint density at radius 3 is 3.06 bits per heavy atom. The number of hydrogen-bond acceptors (Lipinski definition) is 3. The van der Waals surface area contributed by atoms with E-state index < -0.39 is 5.97 Å². The molecule has 0 saturated carbocycles. The molecule has 3 nitrogen and oxygen atoms in total. The first kappa shape index (κ1) is 12.9. The molecule has 1 aromatic carbocycles. The third kappa shape index (κ3) is 3.47. The van der Waals surface area contributed by atoms with Crippen molar-refractivity contribution in [3.8, 4) is 0 Å². The summed E-state index contributed by atoms with van der Waals surface area (Å²) in [6, 6.07) is 10.1. The molecule has 0 bridgehead atoms. The highest BCUT2D eigenvalue weighted by atomic mass is 32.2. The average Bonchev–Trinajstić information content (AvgIpc) is 2.35. The molecule has 0 radical (unpaired) electrons. The van der Waals surface area contributed by atoms with Gasteiger partial charge in [-0.05, 0) is 23.8 Å². The number of aromatic nitrogens is 1. The van der Waals surface area contributed by atoms with Crippen LogP contribution in [0, 0.1) is 0 Å². The van der Waals surface area contributed by atoms with Gasteiger partial charge in [0, 0.05) is 22.6 Å². The van der Waals surface area contributed by atoms with Gasteiger partial charge in [-0.2, -0.15) is 11.8 Å². The lowest BCUT2D eigenvalue weighted by Gasteiger charge is -2.08. The second kappa shape index (κ2) is 5.87. The number of carboxylic acid groups (broad SMARTS) is 1. The van der Waals surface area contributed by atoms with E-state index in [9.17, 15) is 4.79 Å². The van der Waals surface area contributed by atoms with Crippen LogP contribution in [-0.4, -0.2) is 21.3 Å². The predicted octanol–water partition coefficient (Wildman–Crippen LogP) is 3.33. The fourth-order valence-corrected chi connectivity index (χ4v) is 2.68. The molecule has 4 heteroatoms. The van der Waals surface area contributed by atoms with Crippen LogP contribution in [-0.2, 0) is 10.5 Å². The second-order valence-corrected chi connectivity index (χ2v) is 5.68. The number of carbonyl (C=O) groups is 1. The molecule has 0 amide bonds. The first-order valence-electron chi connectivity index (χ1n) is 5.82. The zero-order valence-electron chi connectivity index (χ0n) is 10.2. The quantitative estimate of drug-likeness (QED) is 0.897. The first-order valence-corrected chi connectivity index (χ1v) is 6.87. The Morgan fingerprint density at radius 2 is 2.28 bits per heavy atom. The number of thioether (sulfide) groups is 1. The molecule has 18 heavy (non-hydrogen) atoms. The molecule has 1 aromatic heterocycles. The lowest BCUT2D eigenvalue weighted by atomic mass is 10.1. The third-order valence-corrected chi connectivity index (χ3v) is 3.90. The third-order valence-electron chi connectivity index (χ3n) is 2.66. The van der Waals surface area contributed by atoms with E-state index in [-0.39, 0.29) is 11.7 Å². The summed E-state index contributed by atoms with van der Waals surface area (Å²) in [5.74, 6) is 0.0944. The summed E-state index contributed by atoms with van der Waals surface area (Å²) in [7, 11) is 0. The average molecular weight is 261 g/mol. The van der Waals surface area contributed by atoms with Crippen molar-refractivity contribution in [3.63, 3.8) is 0 Å². The summed E-state index contributed by atoms with van der Waals surface area (Å²) in [4.78, 5) is 14.8. The summed E-state index contributed by atoms with van der Waals surface area (Å²) >= 11 is 1.67. The normalized spacial score (nSPS) is 12.5. The van der Waals surface area contributed by atoms with Crippen LogP contribution in [0.25, 0.3) is 10.9 Å². The number of rotatable bonds is 5. The highest BCUT2D eigenvalue weighted by Gasteiger charge is 2.08. The molecular weight excluding hydrogens is 246 g/mol. The van der Waals surface area contributed by atoms with Gasteiger partial charge in [0.1, 0.15) is 0 Å². The minimum absolute atomic E-state index is 0.132. The molecule has 1 atom stereocenters. The van der Waals surface area contributed by atoms with Crippen LogP contribution in [0.1, 0.15) is 18.9 Å². The van der Waals surface area contributed by atoms with Crippen molar-refractivity contribution in [1.29, 1.82) is 0 Å². The van der Waals surface area contributed by atoms with Gasteiger partial charge in [0.25, 0.3) is 0 Å². The molecule has 0 fully saturated rings. The van der Waals surface area contributed by atoms with Crippen LogP contribution in [0.2, 0.25) is 0 Å². The van der Waals surface area contributed by atoms with Gasteiger partial charge >= 0.3 is 5.97 Å². The smallest absolute Gasteiger partial charge is 0.304 e. The fraction of sp³-hybridized carbons (Fsp3) is 0.286. The number of fused-ring (bicyclic) bond motifs is 1. The maximum absolute atomic E-state index is 10.6. The zero-order valence-corrected chi connectivity index (χ0v) is 11.0. The van der Waals surface area contributed by atoms with E-state index in [0.717, 1.165) is 16.7 Å². The molecule has 0 aliphatic rings. The lowest BCUT2D eigenvalue weighted by Crippen LogP contribution is -2.05. The summed E-state index contributed by atoms with van der Waals surface area (Å²) in [5, 5.41) is 9.96. The van der Waals surface area contributed by atoms with E-state index in [1.807, 2.05) is 25.1 Å². The number of nitrogens with zero attached hydrogens (tertiary/aromatic N) is 1.